The summed E-state index contributed by atoms with van der Waals surface area (Å²) < 4.78 is 0. The lowest BCUT2D eigenvalue weighted by atomic mass is 9.40. The molecule has 16 heteroatoms. The summed E-state index contributed by atoms with van der Waals surface area (Å²) in [7, 11) is 0. The van der Waals surface area contributed by atoms with Crippen LogP contribution in [0.1, 0.15) is 25.7 Å². The van der Waals surface area contributed by atoms with Crippen LogP contribution < -0.4 is 0 Å². The van der Waals surface area contributed by atoms with Crippen LogP contribution in [0.15, 0.2) is 0 Å². The number of carboxylic acid groups (broad SMARTS) is 8. The smallest absolute Gasteiger partial charge is 0.324 e. The maximum atomic E-state index is 12.3. The Bertz CT molecular complexity index is 810. The lowest BCUT2D eigenvalue weighted by molar-refractivity contribution is -0.238. The Morgan fingerprint density at radius 2 is 0.562 bits per heavy atom. The van der Waals surface area contributed by atoms with Crippen molar-refractivity contribution in [2.75, 3.05) is 0 Å². The van der Waals surface area contributed by atoms with Crippen molar-refractivity contribution in [3.8, 4) is 0 Å². The molecule has 0 heterocycles. The quantitative estimate of drug-likeness (QED) is 0.183. The summed E-state index contributed by atoms with van der Waals surface area (Å²) in [5.41, 5.74) is -18.8. The second-order valence-corrected chi connectivity index (χ2v) is 6.96. The molecule has 1 fully saturated rings. The first-order valence-corrected chi connectivity index (χ1v) is 8.38. The average Bonchev–Trinajstić information content (AvgIpc) is 2.59. The van der Waals surface area contributed by atoms with E-state index in [1.807, 2.05) is 0 Å². The number of rotatable bonds is 8. The van der Waals surface area contributed by atoms with Crippen LogP contribution in [-0.4, -0.2) is 88.6 Å². The van der Waals surface area contributed by atoms with Crippen molar-refractivity contribution in [3.63, 3.8) is 0 Å². The molecule has 0 unspecified atom stereocenters. The van der Waals surface area contributed by atoms with Crippen LogP contribution in [0.4, 0.5) is 0 Å². The SMILES string of the molecule is O=C(O)C1(C(=O)O)CCCCC(C(=O)O)(C(=O)O)C(C(=O)O)(C(=O)O)C1(C(=O)O)C(=O)O. The third kappa shape index (κ3) is 2.48. The molecule has 8 N–H and O–H groups in total. The molecule has 0 spiro atoms. The van der Waals surface area contributed by atoms with E-state index < -0.39 is 95.1 Å². The van der Waals surface area contributed by atoms with Gasteiger partial charge in [-0.25, -0.2) is 0 Å². The van der Waals surface area contributed by atoms with Gasteiger partial charge in [-0.1, -0.05) is 12.8 Å². The highest BCUT2D eigenvalue weighted by molar-refractivity contribution is 6.24. The minimum atomic E-state index is -5.06. The molecule has 0 aromatic rings. The van der Waals surface area contributed by atoms with Crippen molar-refractivity contribution in [1.29, 1.82) is 0 Å². The summed E-state index contributed by atoms with van der Waals surface area (Å²) in [6.07, 6.45) is -4.57. The van der Waals surface area contributed by atoms with E-state index in [1.165, 1.54) is 0 Å². The molecule has 0 aromatic heterocycles. The van der Waals surface area contributed by atoms with Crippen molar-refractivity contribution < 1.29 is 79.2 Å². The van der Waals surface area contributed by atoms with Gasteiger partial charge < -0.3 is 40.9 Å². The molecule has 0 bridgehead atoms. The molecule has 1 rings (SSSR count). The standard InChI is InChI=1S/C16H16O16/c17-5(18)13(6(19)20)3-1-2-4-14(7(21)22,8(23)24)16(11(29)30,12(31)32)15(13,9(25)26)10(27)28/h1-4H2,(H,17,18)(H,19,20)(H,21,22)(H,23,24)(H,25,26)(H,27,28)(H,29,30)(H,31,32). The highest BCUT2D eigenvalue weighted by Gasteiger charge is 2.92. The molecule has 32 heavy (non-hydrogen) atoms. The van der Waals surface area contributed by atoms with Crippen molar-refractivity contribution in [2.45, 2.75) is 25.7 Å². The van der Waals surface area contributed by atoms with Gasteiger partial charge in [-0.05, 0) is 12.8 Å². The second-order valence-electron chi connectivity index (χ2n) is 6.96. The zero-order valence-corrected chi connectivity index (χ0v) is 15.7. The fraction of sp³-hybridized carbons (Fsp3) is 0.500. The van der Waals surface area contributed by atoms with Crippen LogP contribution in [0.3, 0.4) is 0 Å². The Morgan fingerprint density at radius 1 is 0.375 bits per heavy atom. The molecule has 0 radical (unpaired) electrons. The molecule has 176 valence electrons. The van der Waals surface area contributed by atoms with E-state index in [-0.39, 0.29) is 0 Å². The van der Waals surface area contributed by atoms with Crippen molar-refractivity contribution >= 4 is 47.8 Å². The van der Waals surface area contributed by atoms with Gasteiger partial charge in [0.2, 0.25) is 10.8 Å². The summed E-state index contributed by atoms with van der Waals surface area (Å²) in [5.74, 6) is -24.0. The predicted molar refractivity (Wildman–Crippen MR) is 89.3 cm³/mol. The van der Waals surface area contributed by atoms with Gasteiger partial charge in [-0.15, -0.1) is 0 Å². The summed E-state index contributed by atoms with van der Waals surface area (Å²) in [6.45, 7) is 0. The number of carbonyl (C=O) groups is 8. The zero-order valence-electron chi connectivity index (χ0n) is 15.7. The monoisotopic (exact) mass is 464 g/mol. The Morgan fingerprint density at radius 3 is 0.688 bits per heavy atom. The third-order valence-electron chi connectivity index (χ3n) is 5.94. The van der Waals surface area contributed by atoms with Crippen LogP contribution in [0, 0.1) is 21.7 Å². The van der Waals surface area contributed by atoms with Crippen molar-refractivity contribution in [1.82, 2.24) is 0 Å². The lowest BCUT2D eigenvalue weighted by Crippen LogP contribution is -2.79. The maximum absolute atomic E-state index is 12.3. The number of hydrogen-bond donors (Lipinski definition) is 8. The predicted octanol–water partition coefficient (Wildman–Crippen LogP) is -1.82. The largest absolute Gasteiger partial charge is 0.480 e. The Labute approximate surface area is 175 Å². The van der Waals surface area contributed by atoms with Gasteiger partial charge in [0, 0.05) is 0 Å². The van der Waals surface area contributed by atoms with Crippen LogP contribution in [-0.2, 0) is 38.4 Å². The van der Waals surface area contributed by atoms with Crippen molar-refractivity contribution in [3.05, 3.63) is 0 Å². The molecule has 0 aliphatic heterocycles. The fourth-order valence-electron chi connectivity index (χ4n) is 4.60. The molecule has 1 saturated carbocycles. The molecule has 0 atom stereocenters. The van der Waals surface area contributed by atoms with Gasteiger partial charge in [-0.3, -0.25) is 38.4 Å². The molecular formula is C16H16O16. The molecular weight excluding hydrogens is 448 g/mol. The summed E-state index contributed by atoms with van der Waals surface area (Å²) in [5, 5.41) is 77.9. The van der Waals surface area contributed by atoms with Crippen LogP contribution in [0.5, 0.6) is 0 Å². The first kappa shape index (κ1) is 25.8. The van der Waals surface area contributed by atoms with E-state index in [0.29, 0.717) is 0 Å². The molecule has 1 aliphatic carbocycles. The minimum Gasteiger partial charge on any atom is -0.480 e. The normalized spacial score (nSPS) is 20.5. The minimum absolute atomic E-state index is 0.807. The van der Waals surface area contributed by atoms with Crippen LogP contribution in [0.2, 0.25) is 0 Å². The Kier molecular flexibility index (Phi) is 6.28. The van der Waals surface area contributed by atoms with E-state index in [4.69, 9.17) is 0 Å². The molecule has 16 nitrogen and oxygen atoms in total. The lowest BCUT2D eigenvalue weighted by Gasteiger charge is -2.52. The van der Waals surface area contributed by atoms with Gasteiger partial charge >= 0.3 is 47.8 Å². The van der Waals surface area contributed by atoms with E-state index in [0.717, 1.165) is 0 Å². The Hall–Kier alpha value is -4.24. The molecule has 0 aromatic carbocycles. The topological polar surface area (TPSA) is 298 Å². The highest BCUT2D eigenvalue weighted by atomic mass is 16.4. The number of hydrogen-bond acceptors (Lipinski definition) is 8. The van der Waals surface area contributed by atoms with Gasteiger partial charge in [-0.2, -0.15) is 0 Å². The average molecular weight is 464 g/mol. The van der Waals surface area contributed by atoms with E-state index >= 15 is 0 Å². The van der Waals surface area contributed by atoms with Crippen molar-refractivity contribution in [2.24, 2.45) is 21.7 Å². The fourth-order valence-corrected chi connectivity index (χ4v) is 4.60. The number of aliphatic carboxylic acids is 8. The van der Waals surface area contributed by atoms with E-state index in [2.05, 4.69) is 0 Å². The first-order valence-electron chi connectivity index (χ1n) is 8.38. The maximum Gasteiger partial charge on any atom is 0.324 e. The highest BCUT2D eigenvalue weighted by Crippen LogP contribution is 2.65. The van der Waals surface area contributed by atoms with Gasteiger partial charge in [0.25, 0.3) is 0 Å². The molecule has 0 saturated heterocycles. The summed E-state index contributed by atoms with van der Waals surface area (Å²) in [4.78, 5) is 97.8. The first-order chi connectivity index (χ1) is 14.5. The van der Waals surface area contributed by atoms with Crippen LogP contribution >= 0.6 is 0 Å². The third-order valence-corrected chi connectivity index (χ3v) is 5.94. The van der Waals surface area contributed by atoms with Gasteiger partial charge in [0.1, 0.15) is 0 Å². The second kappa shape index (κ2) is 7.78. The van der Waals surface area contributed by atoms with E-state index in [9.17, 15) is 79.2 Å². The zero-order chi connectivity index (χ0) is 25.4. The Balaban J connectivity index is 4.86. The van der Waals surface area contributed by atoms with E-state index in [1.54, 1.807) is 0 Å². The van der Waals surface area contributed by atoms with Gasteiger partial charge in [0.05, 0.1) is 0 Å². The molecule has 0 amide bonds. The summed E-state index contributed by atoms with van der Waals surface area (Å²) >= 11 is 0. The summed E-state index contributed by atoms with van der Waals surface area (Å²) in [6, 6.07) is 0. The molecule has 1 aliphatic rings. The van der Waals surface area contributed by atoms with Crippen LogP contribution in [0.25, 0.3) is 0 Å². The van der Waals surface area contributed by atoms with Gasteiger partial charge in [0.15, 0.2) is 10.8 Å². The number of carboxylic acids is 8.